The summed E-state index contributed by atoms with van der Waals surface area (Å²) in [5, 5.41) is 11.5. The number of aromatic nitrogens is 1. The van der Waals surface area contributed by atoms with Crippen molar-refractivity contribution in [3.8, 4) is 0 Å². The Labute approximate surface area is 126 Å². The van der Waals surface area contributed by atoms with Crippen LogP contribution in [0.1, 0.15) is 17.2 Å². The number of pyridine rings is 1. The van der Waals surface area contributed by atoms with E-state index in [2.05, 4.69) is 20.9 Å². The van der Waals surface area contributed by atoms with Crippen LogP contribution in [-0.4, -0.2) is 10.1 Å². The van der Waals surface area contributed by atoms with Crippen LogP contribution in [0, 0.1) is 0 Å². The monoisotopic (exact) mass is 327 g/mol. The molecule has 0 aliphatic heterocycles. The highest BCUT2D eigenvalue weighted by molar-refractivity contribution is 9.10. The minimum atomic E-state index is -0.524. The summed E-state index contributed by atoms with van der Waals surface area (Å²) in [5.41, 5.74) is 2.96. The van der Waals surface area contributed by atoms with Crippen LogP contribution in [0.4, 0.5) is 0 Å². The Morgan fingerprint density at radius 3 is 2.60 bits per heavy atom. The minimum Gasteiger partial charge on any atom is -0.388 e. The highest BCUT2D eigenvalue weighted by Gasteiger charge is 2.12. The lowest BCUT2D eigenvalue weighted by Crippen LogP contribution is -2.02. The molecule has 20 heavy (non-hydrogen) atoms. The van der Waals surface area contributed by atoms with E-state index in [1.807, 2.05) is 54.6 Å². The first-order valence-electron chi connectivity index (χ1n) is 6.50. The summed E-state index contributed by atoms with van der Waals surface area (Å²) in [6.45, 7) is 0. The maximum absolute atomic E-state index is 10.5. The second-order valence-electron chi connectivity index (χ2n) is 4.76. The third-order valence-electron chi connectivity index (χ3n) is 3.38. The normalized spacial score (nSPS) is 12.5. The Kier molecular flexibility index (Phi) is 3.81. The number of rotatable bonds is 3. The zero-order chi connectivity index (χ0) is 13.9. The maximum Gasteiger partial charge on any atom is 0.0836 e. The highest BCUT2D eigenvalue weighted by atomic mass is 79.9. The molecule has 0 aliphatic rings. The third kappa shape index (κ3) is 2.74. The fourth-order valence-electron chi connectivity index (χ4n) is 2.37. The molecule has 0 saturated carbocycles. The molecule has 0 radical (unpaired) electrons. The maximum atomic E-state index is 10.5. The van der Waals surface area contributed by atoms with E-state index in [0.717, 1.165) is 26.5 Å². The van der Waals surface area contributed by atoms with E-state index >= 15 is 0 Å². The van der Waals surface area contributed by atoms with E-state index < -0.39 is 6.10 Å². The Balaban J connectivity index is 1.92. The molecule has 1 aromatic heterocycles. The number of fused-ring (bicyclic) bond motifs is 1. The summed E-state index contributed by atoms with van der Waals surface area (Å²) in [7, 11) is 0. The van der Waals surface area contributed by atoms with Gasteiger partial charge in [0.25, 0.3) is 0 Å². The second kappa shape index (κ2) is 5.73. The fraction of sp³-hybridized carbons (Fsp3) is 0.118. The number of aliphatic hydroxyl groups excluding tert-OH is 1. The Hall–Kier alpha value is -1.71. The molecular weight excluding hydrogens is 314 g/mol. The predicted molar refractivity (Wildman–Crippen MR) is 84.5 cm³/mol. The van der Waals surface area contributed by atoms with Gasteiger partial charge < -0.3 is 5.11 Å². The fourth-order valence-corrected chi connectivity index (χ4v) is 2.64. The van der Waals surface area contributed by atoms with Crippen LogP contribution in [-0.2, 0) is 6.42 Å². The molecular formula is C17H14BrNO. The minimum absolute atomic E-state index is 0.524. The first-order chi connectivity index (χ1) is 9.74. The second-order valence-corrected chi connectivity index (χ2v) is 5.68. The molecule has 1 N–H and O–H groups in total. The van der Waals surface area contributed by atoms with Gasteiger partial charge in [0.2, 0.25) is 0 Å². The van der Waals surface area contributed by atoms with Gasteiger partial charge in [0, 0.05) is 22.5 Å². The summed E-state index contributed by atoms with van der Waals surface area (Å²) in [6.07, 6.45) is 1.85. The van der Waals surface area contributed by atoms with E-state index in [1.54, 1.807) is 6.20 Å². The van der Waals surface area contributed by atoms with Crippen molar-refractivity contribution in [2.75, 3.05) is 0 Å². The van der Waals surface area contributed by atoms with Crippen LogP contribution in [0.5, 0.6) is 0 Å². The lowest BCUT2D eigenvalue weighted by Gasteiger charge is -2.13. The van der Waals surface area contributed by atoms with Gasteiger partial charge in [-0.05, 0) is 35.4 Å². The summed E-state index contributed by atoms with van der Waals surface area (Å²) in [6, 6.07) is 17.8. The predicted octanol–water partition coefficient (Wildman–Crippen LogP) is 4.27. The van der Waals surface area contributed by atoms with Gasteiger partial charge >= 0.3 is 0 Å². The molecule has 0 bridgehead atoms. The number of hydrogen-bond acceptors (Lipinski definition) is 2. The number of benzene rings is 2. The topological polar surface area (TPSA) is 33.1 Å². The summed E-state index contributed by atoms with van der Waals surface area (Å²) in [5.74, 6) is 0. The number of hydrogen-bond donors (Lipinski definition) is 1. The molecule has 3 aromatic rings. The molecule has 0 aliphatic carbocycles. The molecule has 2 nitrogen and oxygen atoms in total. The van der Waals surface area contributed by atoms with Crippen molar-refractivity contribution in [3.63, 3.8) is 0 Å². The summed E-state index contributed by atoms with van der Waals surface area (Å²) < 4.78 is 1.05. The summed E-state index contributed by atoms with van der Waals surface area (Å²) >= 11 is 3.42. The van der Waals surface area contributed by atoms with Crippen molar-refractivity contribution in [2.24, 2.45) is 0 Å². The molecule has 100 valence electrons. The van der Waals surface area contributed by atoms with Gasteiger partial charge in [-0.1, -0.05) is 46.3 Å². The van der Waals surface area contributed by atoms with Gasteiger partial charge in [0.05, 0.1) is 11.6 Å². The van der Waals surface area contributed by atoms with Crippen molar-refractivity contribution in [3.05, 3.63) is 76.4 Å². The van der Waals surface area contributed by atoms with Crippen LogP contribution in [0.25, 0.3) is 10.9 Å². The molecule has 2 aromatic carbocycles. The molecule has 1 atom stereocenters. The van der Waals surface area contributed by atoms with Gasteiger partial charge in [0.1, 0.15) is 0 Å². The SMILES string of the molecule is OC(Cc1ccc(Br)cc1)c1cccc2ncccc12. The zero-order valence-electron chi connectivity index (χ0n) is 10.8. The average Bonchev–Trinajstić information content (AvgIpc) is 2.49. The molecule has 3 rings (SSSR count). The van der Waals surface area contributed by atoms with Gasteiger partial charge in [-0.2, -0.15) is 0 Å². The largest absolute Gasteiger partial charge is 0.388 e. The molecule has 1 heterocycles. The van der Waals surface area contributed by atoms with E-state index in [-0.39, 0.29) is 0 Å². The van der Waals surface area contributed by atoms with Crippen molar-refractivity contribution in [1.82, 2.24) is 4.98 Å². The van der Waals surface area contributed by atoms with Crippen LogP contribution in [0.15, 0.2) is 65.3 Å². The molecule has 0 amide bonds. The van der Waals surface area contributed by atoms with E-state index in [0.29, 0.717) is 6.42 Å². The van der Waals surface area contributed by atoms with Crippen LogP contribution < -0.4 is 0 Å². The average molecular weight is 328 g/mol. The Morgan fingerprint density at radius 2 is 1.80 bits per heavy atom. The van der Waals surface area contributed by atoms with Crippen molar-refractivity contribution < 1.29 is 5.11 Å². The first kappa shape index (κ1) is 13.3. The highest BCUT2D eigenvalue weighted by Crippen LogP contribution is 2.26. The van der Waals surface area contributed by atoms with Crippen molar-refractivity contribution in [2.45, 2.75) is 12.5 Å². The lowest BCUT2D eigenvalue weighted by atomic mass is 9.98. The first-order valence-corrected chi connectivity index (χ1v) is 7.29. The molecule has 3 heteroatoms. The number of nitrogens with zero attached hydrogens (tertiary/aromatic N) is 1. The van der Waals surface area contributed by atoms with E-state index in [4.69, 9.17) is 0 Å². The Bertz CT molecular complexity index is 719. The van der Waals surface area contributed by atoms with Crippen molar-refractivity contribution in [1.29, 1.82) is 0 Å². The van der Waals surface area contributed by atoms with E-state index in [9.17, 15) is 5.11 Å². The molecule has 0 fully saturated rings. The van der Waals surface area contributed by atoms with Gasteiger partial charge in [-0.25, -0.2) is 0 Å². The quantitative estimate of drug-likeness (QED) is 0.779. The van der Waals surface area contributed by atoms with Crippen molar-refractivity contribution >= 4 is 26.8 Å². The summed E-state index contributed by atoms with van der Waals surface area (Å²) in [4.78, 5) is 4.33. The van der Waals surface area contributed by atoms with E-state index in [1.165, 1.54) is 0 Å². The molecule has 1 unspecified atom stereocenters. The van der Waals surface area contributed by atoms with Crippen LogP contribution in [0.3, 0.4) is 0 Å². The molecule has 0 spiro atoms. The number of halogens is 1. The number of aliphatic hydroxyl groups is 1. The lowest BCUT2D eigenvalue weighted by molar-refractivity contribution is 0.180. The van der Waals surface area contributed by atoms with Gasteiger partial charge in [-0.3, -0.25) is 4.98 Å². The smallest absolute Gasteiger partial charge is 0.0836 e. The van der Waals surface area contributed by atoms with Gasteiger partial charge in [-0.15, -0.1) is 0 Å². The van der Waals surface area contributed by atoms with Crippen LogP contribution >= 0.6 is 15.9 Å². The standard InChI is InChI=1S/C17H14BrNO/c18-13-8-6-12(7-9-13)11-17(20)15-3-1-5-16-14(15)4-2-10-19-16/h1-10,17,20H,11H2. The zero-order valence-corrected chi connectivity index (χ0v) is 12.4. The third-order valence-corrected chi connectivity index (χ3v) is 3.91. The van der Waals surface area contributed by atoms with Crippen LogP contribution in [0.2, 0.25) is 0 Å². The molecule has 0 saturated heterocycles. The Morgan fingerprint density at radius 1 is 1.00 bits per heavy atom. The van der Waals surface area contributed by atoms with Gasteiger partial charge in [0.15, 0.2) is 0 Å².